The van der Waals surface area contributed by atoms with Gasteiger partial charge in [0.05, 0.1) is 10.9 Å². The van der Waals surface area contributed by atoms with Crippen LogP contribution in [0.15, 0.2) is 0 Å². The Labute approximate surface area is 130 Å². The molecule has 2 aliphatic rings. The number of carboxylic acid groups (broad SMARTS) is 1. The van der Waals surface area contributed by atoms with E-state index in [-0.39, 0.29) is 11.3 Å². The number of carboxylic acids is 1. The van der Waals surface area contributed by atoms with Crippen LogP contribution in [-0.2, 0) is 9.59 Å². The molecule has 120 valence electrons. The van der Waals surface area contributed by atoms with Crippen molar-refractivity contribution in [2.45, 2.75) is 44.1 Å². The summed E-state index contributed by atoms with van der Waals surface area (Å²) in [6, 6.07) is -0.699. The van der Waals surface area contributed by atoms with E-state index >= 15 is 0 Å². The van der Waals surface area contributed by atoms with Crippen molar-refractivity contribution in [1.82, 2.24) is 15.1 Å². The van der Waals surface area contributed by atoms with E-state index in [0.29, 0.717) is 5.75 Å². The molecular formula is C14H25N3O3S. The largest absolute Gasteiger partial charge is 0.480 e. The number of amides is 1. The summed E-state index contributed by atoms with van der Waals surface area (Å²) in [6.07, 6.45) is 0.776. The molecule has 0 radical (unpaired) electrons. The van der Waals surface area contributed by atoms with E-state index in [1.807, 2.05) is 20.8 Å². The minimum atomic E-state index is -0.900. The van der Waals surface area contributed by atoms with E-state index in [9.17, 15) is 14.7 Å². The standard InChI is InChI=1S/C14H25N3O3S/c1-4-11-17(10(9-21-11)12(18)19)13(20)14(2,3)16-7-5-15-6-8-16/h10-11,15H,4-9H2,1-3H3,(H,18,19). The summed E-state index contributed by atoms with van der Waals surface area (Å²) in [6.45, 7) is 9.18. The van der Waals surface area contributed by atoms with E-state index in [1.54, 1.807) is 16.7 Å². The molecule has 2 rings (SSSR count). The number of hydrogen-bond acceptors (Lipinski definition) is 5. The van der Waals surface area contributed by atoms with Crippen LogP contribution in [0, 0.1) is 0 Å². The van der Waals surface area contributed by atoms with Gasteiger partial charge in [-0.3, -0.25) is 9.69 Å². The molecule has 0 spiro atoms. The normalized spacial score (nSPS) is 27.9. The summed E-state index contributed by atoms with van der Waals surface area (Å²) in [5, 5.41) is 12.6. The molecule has 6 nitrogen and oxygen atoms in total. The predicted molar refractivity (Wildman–Crippen MR) is 83.3 cm³/mol. The maximum Gasteiger partial charge on any atom is 0.327 e. The van der Waals surface area contributed by atoms with Crippen molar-refractivity contribution in [1.29, 1.82) is 0 Å². The second-order valence-corrected chi connectivity index (χ2v) is 7.27. The van der Waals surface area contributed by atoms with Gasteiger partial charge < -0.3 is 15.3 Å². The van der Waals surface area contributed by atoms with Gasteiger partial charge in [-0.25, -0.2) is 4.79 Å². The van der Waals surface area contributed by atoms with Crippen molar-refractivity contribution < 1.29 is 14.7 Å². The van der Waals surface area contributed by atoms with Crippen molar-refractivity contribution in [2.24, 2.45) is 0 Å². The molecule has 2 N–H and O–H groups in total. The summed E-state index contributed by atoms with van der Waals surface area (Å²) in [4.78, 5) is 28.2. The molecule has 0 aromatic carbocycles. The van der Waals surface area contributed by atoms with Crippen molar-refractivity contribution in [3.63, 3.8) is 0 Å². The molecule has 0 bridgehead atoms. The summed E-state index contributed by atoms with van der Waals surface area (Å²) >= 11 is 1.57. The first kappa shape index (κ1) is 16.6. The zero-order chi connectivity index (χ0) is 15.6. The number of nitrogens with one attached hydrogen (secondary N) is 1. The molecule has 2 heterocycles. The number of thioether (sulfide) groups is 1. The van der Waals surface area contributed by atoms with Crippen molar-refractivity contribution in [2.75, 3.05) is 31.9 Å². The third kappa shape index (κ3) is 3.19. The molecular weight excluding hydrogens is 290 g/mol. The number of carbonyl (C=O) groups is 2. The Bertz CT molecular complexity index is 410. The Balaban J connectivity index is 2.20. The zero-order valence-corrected chi connectivity index (χ0v) is 13.8. The van der Waals surface area contributed by atoms with Crippen LogP contribution < -0.4 is 5.32 Å². The molecule has 2 atom stereocenters. The Kier molecular flexibility index (Phi) is 5.16. The Hall–Kier alpha value is -0.790. The lowest BCUT2D eigenvalue weighted by molar-refractivity contribution is -0.155. The molecule has 0 aromatic heterocycles. The first-order valence-electron chi connectivity index (χ1n) is 7.52. The Morgan fingerprint density at radius 1 is 1.33 bits per heavy atom. The second-order valence-electron chi connectivity index (χ2n) is 6.06. The Morgan fingerprint density at radius 3 is 2.48 bits per heavy atom. The predicted octanol–water partition coefficient (Wildman–Crippen LogP) is 0.435. The fourth-order valence-corrected chi connectivity index (χ4v) is 4.36. The van der Waals surface area contributed by atoms with Crippen LogP contribution >= 0.6 is 11.8 Å². The average Bonchev–Trinajstić information content (AvgIpc) is 2.91. The molecule has 2 fully saturated rings. The molecule has 0 saturated carbocycles. The minimum absolute atomic E-state index is 0.0270. The van der Waals surface area contributed by atoms with E-state index in [4.69, 9.17) is 0 Å². The molecule has 0 aromatic rings. The van der Waals surface area contributed by atoms with Crippen LogP contribution in [0.4, 0.5) is 0 Å². The lowest BCUT2D eigenvalue weighted by Gasteiger charge is -2.43. The quantitative estimate of drug-likeness (QED) is 0.784. The van der Waals surface area contributed by atoms with Gasteiger partial charge in [-0.15, -0.1) is 11.8 Å². The van der Waals surface area contributed by atoms with Crippen molar-refractivity contribution >= 4 is 23.6 Å². The van der Waals surface area contributed by atoms with Gasteiger partial charge in [0.25, 0.3) is 0 Å². The third-order valence-corrected chi connectivity index (χ3v) is 5.85. The summed E-state index contributed by atoms with van der Waals surface area (Å²) < 4.78 is 0. The van der Waals surface area contributed by atoms with Gasteiger partial charge in [0, 0.05) is 31.9 Å². The van der Waals surface area contributed by atoms with E-state index in [2.05, 4.69) is 10.2 Å². The van der Waals surface area contributed by atoms with E-state index < -0.39 is 17.6 Å². The maximum absolute atomic E-state index is 13.0. The first-order chi connectivity index (χ1) is 9.89. The van der Waals surface area contributed by atoms with Crippen molar-refractivity contribution in [3.05, 3.63) is 0 Å². The van der Waals surface area contributed by atoms with Crippen LogP contribution in [0.25, 0.3) is 0 Å². The van der Waals surface area contributed by atoms with Gasteiger partial charge in [0.2, 0.25) is 5.91 Å². The highest BCUT2D eigenvalue weighted by Gasteiger charge is 2.47. The highest BCUT2D eigenvalue weighted by molar-refractivity contribution is 8.00. The molecule has 7 heteroatoms. The third-order valence-electron chi connectivity index (χ3n) is 4.39. The number of rotatable bonds is 4. The van der Waals surface area contributed by atoms with Gasteiger partial charge in [-0.2, -0.15) is 0 Å². The Morgan fingerprint density at radius 2 is 1.95 bits per heavy atom. The molecule has 21 heavy (non-hydrogen) atoms. The lowest BCUT2D eigenvalue weighted by Crippen LogP contribution is -2.63. The van der Waals surface area contributed by atoms with Crippen LogP contribution in [-0.4, -0.2) is 75.7 Å². The molecule has 2 unspecified atom stereocenters. The SMILES string of the molecule is CCC1SCC(C(=O)O)N1C(=O)C(C)(C)N1CCNCC1. The van der Waals surface area contributed by atoms with Crippen LogP contribution in [0.3, 0.4) is 0 Å². The van der Waals surface area contributed by atoms with Crippen LogP contribution in [0.2, 0.25) is 0 Å². The molecule has 1 amide bonds. The van der Waals surface area contributed by atoms with Gasteiger partial charge in [0.15, 0.2) is 0 Å². The van der Waals surface area contributed by atoms with Crippen LogP contribution in [0.1, 0.15) is 27.2 Å². The van der Waals surface area contributed by atoms with Gasteiger partial charge in [0.1, 0.15) is 6.04 Å². The monoisotopic (exact) mass is 315 g/mol. The summed E-state index contributed by atoms with van der Waals surface area (Å²) in [5.41, 5.74) is -0.659. The number of piperazine rings is 1. The van der Waals surface area contributed by atoms with Crippen molar-refractivity contribution in [3.8, 4) is 0 Å². The highest BCUT2D eigenvalue weighted by Crippen LogP contribution is 2.34. The molecule has 2 saturated heterocycles. The molecule has 2 aliphatic heterocycles. The van der Waals surface area contributed by atoms with Gasteiger partial charge >= 0.3 is 5.97 Å². The number of hydrogen-bond donors (Lipinski definition) is 2. The first-order valence-corrected chi connectivity index (χ1v) is 8.57. The fraction of sp³-hybridized carbons (Fsp3) is 0.857. The van der Waals surface area contributed by atoms with Crippen LogP contribution in [0.5, 0.6) is 0 Å². The van der Waals surface area contributed by atoms with Gasteiger partial charge in [-0.1, -0.05) is 6.92 Å². The fourth-order valence-electron chi connectivity index (χ4n) is 3.02. The van der Waals surface area contributed by atoms with E-state index in [0.717, 1.165) is 32.6 Å². The average molecular weight is 315 g/mol. The minimum Gasteiger partial charge on any atom is -0.480 e. The van der Waals surface area contributed by atoms with E-state index in [1.165, 1.54) is 0 Å². The molecule has 0 aliphatic carbocycles. The topological polar surface area (TPSA) is 72.9 Å². The summed E-state index contributed by atoms with van der Waals surface area (Å²) in [5.74, 6) is -0.478. The highest BCUT2D eigenvalue weighted by atomic mass is 32.2. The lowest BCUT2D eigenvalue weighted by atomic mass is 9.98. The second kappa shape index (κ2) is 6.54. The maximum atomic E-state index is 13.0. The smallest absolute Gasteiger partial charge is 0.327 e. The number of carbonyl (C=O) groups excluding carboxylic acids is 1. The summed E-state index contributed by atoms with van der Waals surface area (Å²) in [7, 11) is 0. The number of aliphatic carboxylic acids is 1. The zero-order valence-electron chi connectivity index (χ0n) is 13.0. The number of nitrogens with zero attached hydrogens (tertiary/aromatic N) is 2. The van der Waals surface area contributed by atoms with Gasteiger partial charge in [-0.05, 0) is 20.3 Å².